The van der Waals surface area contributed by atoms with Gasteiger partial charge in [0.15, 0.2) is 6.61 Å². The van der Waals surface area contributed by atoms with Crippen LogP contribution in [0.15, 0.2) is 29.6 Å². The van der Waals surface area contributed by atoms with Gasteiger partial charge in [-0.25, -0.2) is 4.79 Å². The van der Waals surface area contributed by atoms with E-state index in [0.717, 1.165) is 43.2 Å². The van der Waals surface area contributed by atoms with Crippen LogP contribution in [0.2, 0.25) is 0 Å². The first kappa shape index (κ1) is 22.0. The molecule has 6 nitrogen and oxygen atoms in total. The Morgan fingerprint density at radius 1 is 1.07 bits per heavy atom. The number of nitrogens with one attached hydrogen (secondary N) is 1. The molecule has 30 heavy (non-hydrogen) atoms. The van der Waals surface area contributed by atoms with Crippen molar-refractivity contribution < 1.29 is 23.9 Å². The van der Waals surface area contributed by atoms with E-state index in [2.05, 4.69) is 5.32 Å². The lowest BCUT2D eigenvalue weighted by Crippen LogP contribution is -2.26. The molecule has 2 aromatic rings. The second-order valence-electron chi connectivity index (χ2n) is 7.43. The molecular weight excluding hydrogens is 402 g/mol. The van der Waals surface area contributed by atoms with Crippen LogP contribution in [0.4, 0.5) is 5.00 Å². The normalized spacial score (nSPS) is 14.2. The minimum absolute atomic E-state index is 0.114. The Morgan fingerprint density at radius 3 is 2.43 bits per heavy atom. The van der Waals surface area contributed by atoms with Crippen molar-refractivity contribution in [2.45, 2.75) is 46.0 Å². The van der Waals surface area contributed by atoms with E-state index in [1.54, 1.807) is 6.92 Å². The number of aryl methyl sites for hydroxylation is 1. The predicted octanol–water partition coefficient (Wildman–Crippen LogP) is 4.96. The minimum atomic E-state index is -0.496. The van der Waals surface area contributed by atoms with E-state index in [1.807, 2.05) is 36.6 Å². The Balaban J connectivity index is 1.71. The van der Waals surface area contributed by atoms with E-state index in [1.165, 1.54) is 11.3 Å². The van der Waals surface area contributed by atoms with E-state index in [0.29, 0.717) is 16.1 Å². The molecule has 160 valence electrons. The molecule has 0 bridgehead atoms. The predicted molar refractivity (Wildman–Crippen MR) is 117 cm³/mol. The standard InChI is InChI=1S/C23H27NO5S/c1-3-28-23(27)20-18(16-11-9-15(2)10-12-16)14-30-21(20)24-19(25)13-29-22(26)17-7-5-4-6-8-17/h9-12,14,17H,3-8,13H2,1-2H3,(H,24,25). The number of hydrogen-bond acceptors (Lipinski definition) is 6. The molecule has 7 heteroatoms. The van der Waals surface area contributed by atoms with Gasteiger partial charge in [-0.3, -0.25) is 9.59 Å². The van der Waals surface area contributed by atoms with Gasteiger partial charge in [0.2, 0.25) is 0 Å². The molecule has 0 spiro atoms. The number of carbonyl (C=O) groups is 3. The minimum Gasteiger partial charge on any atom is -0.462 e. The highest BCUT2D eigenvalue weighted by atomic mass is 32.1. The van der Waals surface area contributed by atoms with Crippen LogP contribution < -0.4 is 5.32 Å². The topological polar surface area (TPSA) is 81.7 Å². The van der Waals surface area contributed by atoms with Crippen LogP contribution in [0.25, 0.3) is 11.1 Å². The molecule has 1 heterocycles. The quantitative estimate of drug-likeness (QED) is 0.629. The fraction of sp³-hybridized carbons (Fsp3) is 0.435. The highest BCUT2D eigenvalue weighted by molar-refractivity contribution is 7.15. The molecular formula is C23H27NO5S. The van der Waals surface area contributed by atoms with Crippen molar-refractivity contribution in [1.82, 2.24) is 0 Å². The van der Waals surface area contributed by atoms with Crippen molar-refractivity contribution in [1.29, 1.82) is 0 Å². The molecule has 1 amide bonds. The Morgan fingerprint density at radius 2 is 1.77 bits per heavy atom. The van der Waals surface area contributed by atoms with Gasteiger partial charge in [-0.05, 0) is 32.3 Å². The van der Waals surface area contributed by atoms with Crippen LogP contribution in [0.3, 0.4) is 0 Å². The van der Waals surface area contributed by atoms with Crippen LogP contribution >= 0.6 is 11.3 Å². The molecule has 1 aliphatic rings. The summed E-state index contributed by atoms with van der Waals surface area (Å²) in [6.45, 7) is 3.59. The zero-order valence-electron chi connectivity index (χ0n) is 17.4. The van der Waals surface area contributed by atoms with Gasteiger partial charge in [0.05, 0.1) is 12.5 Å². The molecule has 1 N–H and O–H groups in total. The van der Waals surface area contributed by atoms with E-state index >= 15 is 0 Å². The zero-order chi connectivity index (χ0) is 21.5. The summed E-state index contributed by atoms with van der Waals surface area (Å²) in [4.78, 5) is 37.1. The first-order chi connectivity index (χ1) is 14.5. The van der Waals surface area contributed by atoms with E-state index in [9.17, 15) is 14.4 Å². The maximum atomic E-state index is 12.6. The maximum Gasteiger partial charge on any atom is 0.341 e. The zero-order valence-corrected chi connectivity index (χ0v) is 18.2. The molecule has 3 rings (SSSR count). The van der Waals surface area contributed by atoms with Gasteiger partial charge in [-0.15, -0.1) is 11.3 Å². The van der Waals surface area contributed by atoms with Crippen molar-refractivity contribution in [3.8, 4) is 11.1 Å². The number of ether oxygens (including phenoxy) is 2. The number of thiophene rings is 1. The lowest BCUT2D eigenvalue weighted by molar-refractivity contribution is -0.152. The van der Waals surface area contributed by atoms with E-state index < -0.39 is 11.9 Å². The molecule has 0 radical (unpaired) electrons. The number of amides is 1. The molecule has 1 aliphatic carbocycles. The average Bonchev–Trinajstić information content (AvgIpc) is 3.17. The molecule has 1 aromatic carbocycles. The third kappa shape index (κ3) is 5.48. The van der Waals surface area contributed by atoms with E-state index in [4.69, 9.17) is 9.47 Å². The van der Waals surface area contributed by atoms with Crippen LogP contribution in [0.1, 0.15) is 54.9 Å². The fourth-order valence-electron chi connectivity index (χ4n) is 3.56. The average molecular weight is 430 g/mol. The monoisotopic (exact) mass is 429 g/mol. The van der Waals surface area contributed by atoms with Crippen LogP contribution in [0, 0.1) is 12.8 Å². The lowest BCUT2D eigenvalue weighted by Gasteiger charge is -2.19. The van der Waals surface area contributed by atoms with Crippen LogP contribution in [-0.4, -0.2) is 31.1 Å². The SMILES string of the molecule is CCOC(=O)c1c(-c2ccc(C)cc2)csc1NC(=O)COC(=O)C1CCCCC1. The Labute approximate surface area is 180 Å². The number of rotatable bonds is 7. The molecule has 0 aliphatic heterocycles. The smallest absolute Gasteiger partial charge is 0.341 e. The highest BCUT2D eigenvalue weighted by Gasteiger charge is 2.25. The van der Waals surface area contributed by atoms with Gasteiger partial charge >= 0.3 is 11.9 Å². The highest BCUT2D eigenvalue weighted by Crippen LogP contribution is 2.36. The number of carbonyl (C=O) groups excluding carboxylic acids is 3. The summed E-state index contributed by atoms with van der Waals surface area (Å²) in [6, 6.07) is 7.78. The lowest BCUT2D eigenvalue weighted by atomic mass is 9.89. The number of esters is 2. The second-order valence-corrected chi connectivity index (χ2v) is 8.31. The summed E-state index contributed by atoms with van der Waals surface area (Å²) in [5.41, 5.74) is 3.00. The second kappa shape index (κ2) is 10.4. The molecule has 0 saturated heterocycles. The molecule has 1 fully saturated rings. The van der Waals surface area contributed by atoms with Gasteiger partial charge in [-0.1, -0.05) is 49.1 Å². The van der Waals surface area contributed by atoms with Gasteiger partial charge in [-0.2, -0.15) is 0 Å². The van der Waals surface area contributed by atoms with Gasteiger partial charge in [0.25, 0.3) is 5.91 Å². The number of benzene rings is 1. The fourth-order valence-corrected chi connectivity index (χ4v) is 4.53. The first-order valence-corrected chi connectivity index (χ1v) is 11.2. The van der Waals surface area contributed by atoms with Crippen molar-refractivity contribution in [2.24, 2.45) is 5.92 Å². The molecule has 0 atom stereocenters. The Kier molecular flexibility index (Phi) is 7.63. The van der Waals surface area contributed by atoms with Gasteiger partial charge < -0.3 is 14.8 Å². The van der Waals surface area contributed by atoms with Crippen molar-refractivity contribution in [3.63, 3.8) is 0 Å². The third-order valence-corrected chi connectivity index (χ3v) is 6.07. The first-order valence-electron chi connectivity index (χ1n) is 10.3. The summed E-state index contributed by atoms with van der Waals surface area (Å²) in [6.07, 6.45) is 4.82. The number of anilines is 1. The van der Waals surface area contributed by atoms with Gasteiger partial charge in [0.1, 0.15) is 10.6 Å². The molecule has 1 saturated carbocycles. The van der Waals surface area contributed by atoms with Gasteiger partial charge in [0, 0.05) is 10.9 Å². The Bertz CT molecular complexity index is 897. The Hall–Kier alpha value is -2.67. The van der Waals surface area contributed by atoms with Crippen molar-refractivity contribution in [3.05, 3.63) is 40.8 Å². The summed E-state index contributed by atoms with van der Waals surface area (Å²) in [5.74, 6) is -1.40. The maximum absolute atomic E-state index is 12.6. The van der Waals surface area contributed by atoms with Crippen LogP contribution in [0.5, 0.6) is 0 Å². The third-order valence-electron chi connectivity index (χ3n) is 5.17. The van der Waals surface area contributed by atoms with Crippen LogP contribution in [-0.2, 0) is 19.1 Å². The van der Waals surface area contributed by atoms with E-state index in [-0.39, 0.29) is 25.1 Å². The number of hydrogen-bond donors (Lipinski definition) is 1. The molecule has 1 aromatic heterocycles. The summed E-state index contributed by atoms with van der Waals surface area (Å²) in [5, 5.41) is 4.92. The molecule has 0 unspecified atom stereocenters. The van der Waals surface area contributed by atoms with Crippen molar-refractivity contribution in [2.75, 3.05) is 18.5 Å². The largest absolute Gasteiger partial charge is 0.462 e. The summed E-state index contributed by atoms with van der Waals surface area (Å²) >= 11 is 1.25. The summed E-state index contributed by atoms with van der Waals surface area (Å²) < 4.78 is 10.4. The van der Waals surface area contributed by atoms with Crippen molar-refractivity contribution >= 4 is 34.2 Å². The summed E-state index contributed by atoms with van der Waals surface area (Å²) in [7, 11) is 0.